The van der Waals surface area contributed by atoms with Gasteiger partial charge in [0.15, 0.2) is 11.5 Å². The first-order valence-corrected chi connectivity index (χ1v) is 10.4. The summed E-state index contributed by atoms with van der Waals surface area (Å²) in [5.74, 6) is 0.285. The smallest absolute Gasteiger partial charge is 0.310 e. The highest BCUT2D eigenvalue weighted by molar-refractivity contribution is 6.02. The number of ketones is 1. The molecule has 8 nitrogen and oxygen atoms in total. The van der Waals surface area contributed by atoms with E-state index in [2.05, 4.69) is 16.2 Å². The van der Waals surface area contributed by atoms with E-state index in [-0.39, 0.29) is 23.9 Å². The van der Waals surface area contributed by atoms with Gasteiger partial charge >= 0.3 is 5.97 Å². The molecule has 0 amide bonds. The first-order valence-electron chi connectivity index (χ1n) is 10.4. The molecule has 2 rings (SSSR count). The average molecular weight is 481 g/mol. The Bertz CT molecular complexity index is 1160. The third-order valence-corrected chi connectivity index (χ3v) is 4.76. The lowest BCUT2D eigenvalue weighted by Crippen LogP contribution is -2.05. The van der Waals surface area contributed by atoms with Crippen LogP contribution in [0.2, 0.25) is 0 Å². The summed E-state index contributed by atoms with van der Waals surface area (Å²) in [5.41, 5.74) is 2.70. The number of allylic oxidation sites excluding steroid dienone is 3. The minimum Gasteiger partial charge on any atom is -0.508 e. The maximum Gasteiger partial charge on any atom is 0.310 e. The number of methoxy groups -OCH3 is 3. The number of ether oxygens (including phenoxy) is 3. The predicted molar refractivity (Wildman–Crippen MR) is 133 cm³/mol. The molecule has 0 saturated heterocycles. The van der Waals surface area contributed by atoms with E-state index in [0.717, 1.165) is 11.6 Å². The highest BCUT2D eigenvalue weighted by Gasteiger charge is 2.10. The van der Waals surface area contributed by atoms with E-state index in [1.165, 1.54) is 40.6 Å². The number of hydrogen-bond donors (Lipinski definition) is 1. The number of esters is 1. The molecule has 0 unspecified atom stereocenters. The van der Waals surface area contributed by atoms with Crippen LogP contribution in [0.3, 0.4) is 0 Å². The van der Waals surface area contributed by atoms with Crippen LogP contribution in [-0.4, -0.2) is 45.3 Å². The zero-order chi connectivity index (χ0) is 25.8. The zero-order valence-corrected chi connectivity index (χ0v) is 20.1. The van der Waals surface area contributed by atoms with Gasteiger partial charge in [-0.1, -0.05) is 36.9 Å². The van der Waals surface area contributed by atoms with Crippen molar-refractivity contribution >= 4 is 29.7 Å². The third-order valence-electron chi connectivity index (χ3n) is 4.76. The monoisotopic (exact) mass is 480 g/mol. The molecular formula is C27H28O8. The van der Waals surface area contributed by atoms with E-state index in [0.29, 0.717) is 28.2 Å². The van der Waals surface area contributed by atoms with Crippen LogP contribution in [0.25, 0.3) is 17.9 Å². The van der Waals surface area contributed by atoms with Gasteiger partial charge in [-0.25, -0.2) is 0 Å². The number of benzene rings is 2. The van der Waals surface area contributed by atoms with Gasteiger partial charge in [-0.3, -0.25) is 9.59 Å². The van der Waals surface area contributed by atoms with Crippen LogP contribution in [0, 0.1) is 0 Å². The molecular weight excluding hydrogens is 452 g/mol. The number of hydrogen-bond acceptors (Lipinski definition) is 8. The Kier molecular flexibility index (Phi) is 10.3. The second-order valence-electron chi connectivity index (χ2n) is 7.10. The van der Waals surface area contributed by atoms with Gasteiger partial charge in [0.25, 0.3) is 0 Å². The van der Waals surface area contributed by atoms with Crippen LogP contribution in [0.15, 0.2) is 67.0 Å². The summed E-state index contributed by atoms with van der Waals surface area (Å²) in [4.78, 5) is 33.3. The van der Waals surface area contributed by atoms with E-state index in [1.807, 2.05) is 0 Å². The first kappa shape index (κ1) is 26.9. The molecule has 0 aliphatic heterocycles. The molecule has 0 bridgehead atoms. The van der Waals surface area contributed by atoms with Crippen LogP contribution in [0.1, 0.15) is 22.3 Å². The van der Waals surface area contributed by atoms with Gasteiger partial charge in [-0.2, -0.15) is 4.89 Å². The Morgan fingerprint density at radius 3 is 2.17 bits per heavy atom. The van der Waals surface area contributed by atoms with Crippen molar-refractivity contribution in [3.05, 3.63) is 89.2 Å². The Morgan fingerprint density at radius 1 is 0.914 bits per heavy atom. The maximum absolute atomic E-state index is 12.2. The predicted octanol–water partition coefficient (Wildman–Crippen LogP) is 4.71. The van der Waals surface area contributed by atoms with E-state index in [1.54, 1.807) is 48.6 Å². The summed E-state index contributed by atoms with van der Waals surface area (Å²) >= 11 is 0. The molecule has 2 aromatic rings. The minimum atomic E-state index is -0.411. The molecule has 184 valence electrons. The van der Waals surface area contributed by atoms with Gasteiger partial charge in [0.05, 0.1) is 40.4 Å². The summed E-state index contributed by atoms with van der Waals surface area (Å²) in [6, 6.07) is 10.4. The first-order chi connectivity index (χ1) is 16.8. The van der Waals surface area contributed by atoms with Crippen molar-refractivity contribution in [1.29, 1.82) is 0 Å². The molecule has 0 atom stereocenters. The lowest BCUT2D eigenvalue weighted by molar-refractivity contribution is -0.207. The Morgan fingerprint density at radius 2 is 1.54 bits per heavy atom. The molecule has 0 aliphatic carbocycles. The number of carbonyl (C=O) groups excluding carboxylic acids is 2. The van der Waals surface area contributed by atoms with Crippen LogP contribution in [0.4, 0.5) is 0 Å². The van der Waals surface area contributed by atoms with Crippen molar-refractivity contribution in [3.63, 3.8) is 0 Å². The molecule has 0 radical (unpaired) electrons. The molecule has 0 aliphatic rings. The second kappa shape index (κ2) is 13.4. The van der Waals surface area contributed by atoms with Crippen molar-refractivity contribution in [3.8, 4) is 11.5 Å². The minimum absolute atomic E-state index is 0.0792. The van der Waals surface area contributed by atoms with E-state index in [9.17, 15) is 14.7 Å². The molecule has 8 heteroatoms. The summed E-state index contributed by atoms with van der Waals surface area (Å²) < 4.78 is 15.3. The molecule has 0 fully saturated rings. The third kappa shape index (κ3) is 8.21. The van der Waals surface area contributed by atoms with Crippen LogP contribution in [0.5, 0.6) is 11.5 Å². The van der Waals surface area contributed by atoms with E-state index >= 15 is 0 Å². The Hall–Kier alpha value is -4.30. The van der Waals surface area contributed by atoms with Crippen molar-refractivity contribution < 1.29 is 38.7 Å². The molecule has 0 heterocycles. The van der Waals surface area contributed by atoms with Gasteiger partial charge in [-0.15, -0.1) is 0 Å². The lowest BCUT2D eigenvalue weighted by atomic mass is 10.1. The fraction of sp³-hybridized carbons (Fsp3) is 0.185. The Labute approximate surface area is 204 Å². The number of aliphatic hydroxyl groups is 1. The Balaban J connectivity index is 2.08. The van der Waals surface area contributed by atoms with E-state index in [4.69, 9.17) is 14.4 Å². The van der Waals surface area contributed by atoms with Crippen molar-refractivity contribution in [2.45, 2.75) is 6.42 Å². The summed E-state index contributed by atoms with van der Waals surface area (Å²) in [5, 5.41) is 10.1. The van der Waals surface area contributed by atoms with Gasteiger partial charge in [0.1, 0.15) is 17.3 Å². The fourth-order valence-electron chi connectivity index (χ4n) is 3.03. The molecule has 0 spiro atoms. The average Bonchev–Trinajstić information content (AvgIpc) is 2.86. The summed E-state index contributed by atoms with van der Waals surface area (Å²) in [6.07, 6.45) is 7.09. The lowest BCUT2D eigenvalue weighted by Gasteiger charge is -2.10. The molecule has 0 saturated carbocycles. The van der Waals surface area contributed by atoms with Crippen LogP contribution >= 0.6 is 0 Å². The SMILES string of the molecule is C=C(OOC)c1ccc(/C=C/C(O)=CC(=O)/C=C/c2ccc(CC(=O)OC)c(OC)c2)cc1OC. The highest BCUT2D eigenvalue weighted by Crippen LogP contribution is 2.27. The fourth-order valence-corrected chi connectivity index (χ4v) is 3.03. The maximum atomic E-state index is 12.2. The summed E-state index contributed by atoms with van der Waals surface area (Å²) in [6.45, 7) is 3.76. The molecule has 0 aromatic heterocycles. The number of rotatable bonds is 12. The second-order valence-corrected chi connectivity index (χ2v) is 7.10. The standard InChI is InChI=1S/C27H28O8/c1-18(35-34-5)24-13-9-20(15-26(24)32-3)8-12-23(29)17-22(28)11-7-19-6-10-21(16-27(30)33-4)25(14-19)31-2/h6-15,17,29H,1,16H2,2-5H3/b11-7+,12-8+,23-17?. The van der Waals surface area contributed by atoms with Gasteiger partial charge in [0, 0.05) is 11.6 Å². The molecule has 1 N–H and O–H groups in total. The van der Waals surface area contributed by atoms with Gasteiger partial charge in [-0.05, 0) is 41.5 Å². The van der Waals surface area contributed by atoms with E-state index < -0.39 is 5.78 Å². The zero-order valence-electron chi connectivity index (χ0n) is 20.1. The van der Waals surface area contributed by atoms with Crippen molar-refractivity contribution in [2.75, 3.05) is 28.4 Å². The van der Waals surface area contributed by atoms with Gasteiger partial charge in [0.2, 0.25) is 0 Å². The van der Waals surface area contributed by atoms with Crippen molar-refractivity contribution in [1.82, 2.24) is 0 Å². The summed E-state index contributed by atoms with van der Waals surface area (Å²) in [7, 11) is 5.70. The normalized spacial score (nSPS) is 11.5. The number of carbonyl (C=O) groups is 2. The molecule has 2 aromatic carbocycles. The quantitative estimate of drug-likeness (QED) is 0.116. The topological polar surface area (TPSA) is 101 Å². The highest BCUT2D eigenvalue weighted by atomic mass is 17.2. The van der Waals surface area contributed by atoms with Gasteiger partial charge < -0.3 is 24.2 Å². The van der Waals surface area contributed by atoms with Crippen LogP contribution < -0.4 is 9.47 Å². The molecule has 35 heavy (non-hydrogen) atoms. The number of aliphatic hydroxyl groups excluding tert-OH is 1. The largest absolute Gasteiger partial charge is 0.508 e. The van der Waals surface area contributed by atoms with Crippen LogP contribution in [-0.2, 0) is 30.5 Å². The van der Waals surface area contributed by atoms with Crippen molar-refractivity contribution in [2.24, 2.45) is 0 Å².